The van der Waals surface area contributed by atoms with Gasteiger partial charge in [0.25, 0.3) is 5.56 Å². The first-order valence-corrected chi connectivity index (χ1v) is 11.1. The molecule has 2 N–H and O–H groups in total. The second kappa shape index (κ2) is 9.62. The van der Waals surface area contributed by atoms with Crippen LogP contribution in [-0.2, 0) is 13.1 Å². The molecule has 1 aromatic heterocycles. The van der Waals surface area contributed by atoms with Gasteiger partial charge < -0.3 is 24.5 Å². The van der Waals surface area contributed by atoms with Gasteiger partial charge in [-0.2, -0.15) is 0 Å². The van der Waals surface area contributed by atoms with E-state index < -0.39 is 6.09 Å². The van der Waals surface area contributed by atoms with Gasteiger partial charge in [0.1, 0.15) is 11.5 Å². The normalized spacial score (nSPS) is 13.9. The lowest BCUT2D eigenvalue weighted by Crippen LogP contribution is -2.33. The van der Waals surface area contributed by atoms with Crippen LogP contribution >= 0.6 is 0 Å². The zero-order valence-corrected chi connectivity index (χ0v) is 19.0. The summed E-state index contributed by atoms with van der Waals surface area (Å²) in [5.74, 6) is 1.87. The Bertz CT molecular complexity index is 986. The van der Waals surface area contributed by atoms with Crippen LogP contribution in [0.4, 0.5) is 4.79 Å². The maximum absolute atomic E-state index is 13.4. The summed E-state index contributed by atoms with van der Waals surface area (Å²) in [5.41, 5.74) is 0.220. The molecule has 170 valence electrons. The number of amides is 1. The van der Waals surface area contributed by atoms with E-state index in [4.69, 9.17) is 9.47 Å². The van der Waals surface area contributed by atoms with Crippen molar-refractivity contribution in [2.24, 2.45) is 11.3 Å². The molecule has 0 atom stereocenters. The fraction of sp³-hybridized carbons (Fsp3) is 0.583. The van der Waals surface area contributed by atoms with Crippen LogP contribution in [0.3, 0.4) is 0 Å². The summed E-state index contributed by atoms with van der Waals surface area (Å²) in [5, 5.41) is 12.8. The zero-order chi connectivity index (χ0) is 22.6. The fourth-order valence-corrected chi connectivity index (χ4v) is 3.49. The molecule has 1 amide bonds. The highest BCUT2D eigenvalue weighted by molar-refractivity contribution is 5.89. The number of unbranched alkanes of at least 4 members (excludes halogenated alkanes) is 1. The van der Waals surface area contributed by atoms with Crippen LogP contribution < -0.4 is 20.3 Å². The molecule has 0 bridgehead atoms. The Morgan fingerprint density at radius 1 is 1.23 bits per heavy atom. The Morgan fingerprint density at radius 3 is 2.58 bits per heavy atom. The number of carboxylic acid groups (broad SMARTS) is 1. The number of nitrogens with zero attached hydrogens (tertiary/aromatic N) is 1. The average molecular weight is 431 g/mol. The monoisotopic (exact) mass is 430 g/mol. The summed E-state index contributed by atoms with van der Waals surface area (Å²) in [7, 11) is 0. The minimum atomic E-state index is -1.14. The van der Waals surface area contributed by atoms with E-state index in [1.807, 2.05) is 32.9 Å². The molecule has 3 rings (SSSR count). The van der Waals surface area contributed by atoms with Gasteiger partial charge in [-0.15, -0.1) is 0 Å². The predicted molar refractivity (Wildman–Crippen MR) is 121 cm³/mol. The van der Waals surface area contributed by atoms with Crippen LogP contribution in [0.15, 0.2) is 23.0 Å². The minimum Gasteiger partial charge on any atom is -0.493 e. The highest BCUT2D eigenvalue weighted by atomic mass is 16.5. The molecule has 0 spiro atoms. The third kappa shape index (κ3) is 6.15. The summed E-state index contributed by atoms with van der Waals surface area (Å²) in [4.78, 5) is 24.7. The van der Waals surface area contributed by atoms with Crippen molar-refractivity contribution in [3.8, 4) is 11.5 Å². The maximum Gasteiger partial charge on any atom is 0.404 e. The Kier molecular flexibility index (Phi) is 7.13. The van der Waals surface area contributed by atoms with Crippen LogP contribution in [0, 0.1) is 11.3 Å². The van der Waals surface area contributed by atoms with Gasteiger partial charge in [-0.3, -0.25) is 4.79 Å². The van der Waals surface area contributed by atoms with Gasteiger partial charge in [-0.1, -0.05) is 34.1 Å². The summed E-state index contributed by atoms with van der Waals surface area (Å²) in [6, 6.07) is 5.48. The molecule has 31 heavy (non-hydrogen) atoms. The van der Waals surface area contributed by atoms with E-state index in [-0.39, 0.29) is 17.5 Å². The molecular weight excluding hydrogens is 396 g/mol. The molecule has 1 saturated carbocycles. The lowest BCUT2D eigenvalue weighted by atomic mass is 9.96. The predicted octanol–water partition coefficient (Wildman–Crippen LogP) is 4.78. The first kappa shape index (κ1) is 23.0. The second-order valence-corrected chi connectivity index (χ2v) is 9.55. The molecular formula is C24H34N2O5. The zero-order valence-electron chi connectivity index (χ0n) is 19.0. The molecule has 0 aliphatic heterocycles. The maximum atomic E-state index is 13.4. The molecule has 0 radical (unpaired) electrons. The standard InChI is InChI=1S/C24H34N2O5/c1-5-6-11-30-21-19-12-17(31-14-16-7-8-16)9-10-18(19)22(27)26(15-24(2,3)4)20(21)13-25-23(28)29/h9-10,12,16,25H,5-8,11,13-15H2,1-4H3,(H,28,29). The minimum absolute atomic E-state index is 0.00872. The van der Waals surface area contributed by atoms with Crippen molar-refractivity contribution in [2.45, 2.75) is 66.5 Å². The highest BCUT2D eigenvalue weighted by Crippen LogP contribution is 2.34. The Hall–Kier alpha value is -2.70. The number of benzene rings is 1. The van der Waals surface area contributed by atoms with Crippen LogP contribution in [0.5, 0.6) is 11.5 Å². The Balaban J connectivity index is 2.15. The van der Waals surface area contributed by atoms with Gasteiger partial charge in [0.2, 0.25) is 0 Å². The van der Waals surface area contributed by atoms with Crippen molar-refractivity contribution >= 4 is 16.9 Å². The Morgan fingerprint density at radius 2 is 1.97 bits per heavy atom. The van der Waals surface area contributed by atoms with Crippen molar-refractivity contribution in [2.75, 3.05) is 13.2 Å². The van der Waals surface area contributed by atoms with Crippen molar-refractivity contribution in [1.82, 2.24) is 9.88 Å². The fourth-order valence-electron chi connectivity index (χ4n) is 3.49. The highest BCUT2D eigenvalue weighted by Gasteiger charge is 2.24. The van der Waals surface area contributed by atoms with Gasteiger partial charge in [0, 0.05) is 11.9 Å². The van der Waals surface area contributed by atoms with Gasteiger partial charge in [0.15, 0.2) is 0 Å². The van der Waals surface area contributed by atoms with Gasteiger partial charge in [-0.05, 0) is 48.8 Å². The van der Waals surface area contributed by atoms with Gasteiger partial charge in [-0.25, -0.2) is 4.79 Å². The molecule has 1 aliphatic rings. The van der Waals surface area contributed by atoms with E-state index in [0.29, 0.717) is 53.6 Å². The molecule has 1 fully saturated rings. The average Bonchev–Trinajstić information content (AvgIpc) is 3.52. The van der Waals surface area contributed by atoms with E-state index in [1.165, 1.54) is 12.8 Å². The molecule has 0 unspecified atom stereocenters. The van der Waals surface area contributed by atoms with Crippen LogP contribution in [0.1, 0.15) is 59.1 Å². The molecule has 7 nitrogen and oxygen atoms in total. The SMILES string of the molecule is CCCCOc1c(CNC(=O)O)n(CC(C)(C)C)c(=O)c2ccc(OCC3CC3)cc12. The van der Waals surface area contributed by atoms with Crippen LogP contribution in [0.2, 0.25) is 0 Å². The van der Waals surface area contributed by atoms with Gasteiger partial charge >= 0.3 is 6.09 Å². The largest absolute Gasteiger partial charge is 0.493 e. The molecule has 7 heteroatoms. The Labute approximate surface area is 183 Å². The second-order valence-electron chi connectivity index (χ2n) is 9.55. The first-order chi connectivity index (χ1) is 14.7. The number of rotatable bonds is 10. The van der Waals surface area contributed by atoms with Crippen LogP contribution in [-0.4, -0.2) is 29.0 Å². The van der Waals surface area contributed by atoms with E-state index >= 15 is 0 Å². The summed E-state index contributed by atoms with van der Waals surface area (Å²) in [6.07, 6.45) is 3.08. The quantitative estimate of drug-likeness (QED) is 0.529. The molecule has 2 aromatic rings. The smallest absolute Gasteiger partial charge is 0.404 e. The van der Waals surface area contributed by atoms with E-state index in [0.717, 1.165) is 12.8 Å². The van der Waals surface area contributed by atoms with Crippen molar-refractivity contribution in [1.29, 1.82) is 0 Å². The number of hydrogen-bond donors (Lipinski definition) is 2. The molecule has 1 heterocycles. The third-order valence-electron chi connectivity index (χ3n) is 5.27. The molecule has 0 saturated heterocycles. The van der Waals surface area contributed by atoms with Gasteiger partial charge in [0.05, 0.1) is 30.8 Å². The van der Waals surface area contributed by atoms with E-state index in [9.17, 15) is 14.7 Å². The van der Waals surface area contributed by atoms with E-state index in [1.54, 1.807) is 10.6 Å². The molecule has 1 aromatic carbocycles. The number of nitrogens with one attached hydrogen (secondary N) is 1. The summed E-state index contributed by atoms with van der Waals surface area (Å²) < 4.78 is 13.8. The summed E-state index contributed by atoms with van der Waals surface area (Å²) >= 11 is 0. The lowest BCUT2D eigenvalue weighted by molar-refractivity contribution is 0.193. The van der Waals surface area contributed by atoms with Crippen molar-refractivity contribution in [3.05, 3.63) is 34.2 Å². The van der Waals surface area contributed by atoms with Crippen molar-refractivity contribution in [3.63, 3.8) is 0 Å². The first-order valence-electron chi connectivity index (χ1n) is 11.1. The number of pyridine rings is 1. The topological polar surface area (TPSA) is 89.8 Å². The van der Waals surface area contributed by atoms with Crippen LogP contribution in [0.25, 0.3) is 10.8 Å². The number of aromatic nitrogens is 1. The number of hydrogen-bond acceptors (Lipinski definition) is 4. The third-order valence-corrected chi connectivity index (χ3v) is 5.27. The van der Waals surface area contributed by atoms with Crippen molar-refractivity contribution < 1.29 is 19.4 Å². The number of carbonyl (C=O) groups is 1. The van der Waals surface area contributed by atoms with E-state index in [2.05, 4.69) is 12.2 Å². The molecule has 1 aliphatic carbocycles. The number of fused-ring (bicyclic) bond motifs is 1. The number of ether oxygens (including phenoxy) is 2. The summed E-state index contributed by atoms with van der Waals surface area (Å²) in [6.45, 7) is 9.82. The lowest BCUT2D eigenvalue weighted by Gasteiger charge is -2.25.